The second kappa shape index (κ2) is 7.46. The van der Waals surface area contributed by atoms with Crippen molar-refractivity contribution in [2.75, 3.05) is 18.8 Å². The third kappa shape index (κ3) is 4.21. The summed E-state index contributed by atoms with van der Waals surface area (Å²) in [6.07, 6.45) is 2.22. The SMILES string of the molecule is CCN(C(CC)(CC)CN)S(=O)(=O)CCC(C)C. The van der Waals surface area contributed by atoms with E-state index >= 15 is 0 Å². The van der Waals surface area contributed by atoms with Crippen LogP contribution in [-0.2, 0) is 10.0 Å². The Kier molecular flexibility index (Phi) is 7.40. The highest BCUT2D eigenvalue weighted by Gasteiger charge is 2.38. The van der Waals surface area contributed by atoms with Crippen molar-refractivity contribution in [1.29, 1.82) is 0 Å². The van der Waals surface area contributed by atoms with Gasteiger partial charge < -0.3 is 5.73 Å². The Labute approximate surface area is 113 Å². The van der Waals surface area contributed by atoms with Crippen molar-refractivity contribution in [3.8, 4) is 0 Å². The summed E-state index contributed by atoms with van der Waals surface area (Å²) in [5.41, 5.74) is 5.44. The standard InChI is InChI=1S/C13H30N2O2S/c1-6-13(7-2,11-14)15(8-3)18(16,17)10-9-12(4)5/h12H,6-11,14H2,1-5H3. The van der Waals surface area contributed by atoms with Crippen LogP contribution in [0.3, 0.4) is 0 Å². The average Bonchev–Trinajstić information content (AvgIpc) is 2.33. The number of hydrogen-bond acceptors (Lipinski definition) is 3. The summed E-state index contributed by atoms with van der Waals surface area (Å²) in [6.45, 7) is 10.9. The molecule has 2 N–H and O–H groups in total. The highest BCUT2D eigenvalue weighted by molar-refractivity contribution is 7.89. The molecule has 0 saturated carbocycles. The summed E-state index contributed by atoms with van der Waals surface area (Å²) in [5, 5.41) is 0. The van der Waals surface area contributed by atoms with Crippen LogP contribution in [0.4, 0.5) is 0 Å². The third-order valence-corrected chi connectivity index (χ3v) is 5.87. The predicted octanol–water partition coefficient (Wildman–Crippen LogP) is 2.20. The molecule has 0 spiro atoms. The summed E-state index contributed by atoms with van der Waals surface area (Å²) in [5.74, 6) is 0.620. The number of rotatable bonds is 9. The minimum Gasteiger partial charge on any atom is -0.329 e. The van der Waals surface area contributed by atoms with Crippen LogP contribution in [0.15, 0.2) is 0 Å². The fourth-order valence-electron chi connectivity index (χ4n) is 2.32. The summed E-state index contributed by atoms with van der Waals surface area (Å²) in [4.78, 5) is 0. The van der Waals surface area contributed by atoms with Gasteiger partial charge in [-0.1, -0.05) is 34.6 Å². The molecule has 0 heterocycles. The van der Waals surface area contributed by atoms with Crippen molar-refractivity contribution in [3.05, 3.63) is 0 Å². The topological polar surface area (TPSA) is 63.4 Å². The van der Waals surface area contributed by atoms with Gasteiger partial charge >= 0.3 is 0 Å². The highest BCUT2D eigenvalue weighted by atomic mass is 32.2. The molecule has 0 aromatic heterocycles. The Morgan fingerprint density at radius 2 is 1.67 bits per heavy atom. The predicted molar refractivity (Wildman–Crippen MR) is 78.0 cm³/mol. The van der Waals surface area contributed by atoms with Crippen LogP contribution in [0.1, 0.15) is 53.9 Å². The molecule has 0 rings (SSSR count). The summed E-state index contributed by atoms with van der Waals surface area (Å²) in [7, 11) is -3.21. The Hall–Kier alpha value is -0.130. The largest absolute Gasteiger partial charge is 0.329 e. The molecule has 0 amide bonds. The van der Waals surface area contributed by atoms with Crippen LogP contribution in [-0.4, -0.2) is 37.1 Å². The number of sulfonamides is 1. The van der Waals surface area contributed by atoms with E-state index in [0.717, 1.165) is 12.8 Å². The molecule has 0 aliphatic carbocycles. The molecule has 5 heteroatoms. The van der Waals surface area contributed by atoms with Crippen LogP contribution in [0.25, 0.3) is 0 Å². The van der Waals surface area contributed by atoms with Crippen LogP contribution in [0, 0.1) is 5.92 Å². The maximum absolute atomic E-state index is 12.5. The number of likely N-dealkylation sites (N-methyl/N-ethyl adjacent to an activating group) is 1. The summed E-state index contributed by atoms with van der Waals surface area (Å²) < 4.78 is 26.5. The van der Waals surface area contributed by atoms with Crippen LogP contribution in [0.2, 0.25) is 0 Å². The molecule has 4 nitrogen and oxygen atoms in total. The minimum atomic E-state index is -3.21. The van der Waals surface area contributed by atoms with Crippen molar-refractivity contribution < 1.29 is 8.42 Å². The van der Waals surface area contributed by atoms with Gasteiger partial charge in [-0.15, -0.1) is 0 Å². The first-order chi connectivity index (χ1) is 8.29. The molecule has 18 heavy (non-hydrogen) atoms. The minimum absolute atomic E-state index is 0.222. The van der Waals surface area contributed by atoms with Crippen molar-refractivity contribution in [2.24, 2.45) is 11.7 Å². The van der Waals surface area contributed by atoms with Gasteiger partial charge in [0.25, 0.3) is 0 Å². The molecule has 0 aromatic carbocycles. The van der Waals surface area contributed by atoms with Crippen LogP contribution >= 0.6 is 0 Å². The van der Waals surface area contributed by atoms with Gasteiger partial charge in [-0.05, 0) is 25.2 Å². The number of nitrogens with two attached hydrogens (primary N) is 1. The van der Waals surface area contributed by atoms with Gasteiger partial charge in [0.15, 0.2) is 0 Å². The Morgan fingerprint density at radius 3 is 1.94 bits per heavy atom. The molecular formula is C13H30N2O2S. The van der Waals surface area contributed by atoms with E-state index in [9.17, 15) is 8.42 Å². The molecule has 0 aliphatic heterocycles. The zero-order chi connectivity index (χ0) is 14.4. The lowest BCUT2D eigenvalue weighted by molar-refractivity contribution is 0.184. The monoisotopic (exact) mass is 278 g/mol. The Bertz CT molecular complexity index is 314. The first-order valence-electron chi connectivity index (χ1n) is 7.00. The zero-order valence-electron chi connectivity index (χ0n) is 12.6. The van der Waals surface area contributed by atoms with E-state index in [1.165, 1.54) is 0 Å². The first kappa shape index (κ1) is 17.9. The Morgan fingerprint density at radius 1 is 1.17 bits per heavy atom. The van der Waals surface area contributed by atoms with E-state index in [1.54, 1.807) is 4.31 Å². The molecular weight excluding hydrogens is 248 g/mol. The highest BCUT2D eigenvalue weighted by Crippen LogP contribution is 2.26. The fraction of sp³-hybridized carbons (Fsp3) is 1.00. The van der Waals surface area contributed by atoms with Crippen molar-refractivity contribution >= 4 is 10.0 Å². The molecule has 0 aliphatic rings. The van der Waals surface area contributed by atoms with Gasteiger partial charge in [-0.3, -0.25) is 0 Å². The van der Waals surface area contributed by atoms with Gasteiger partial charge in [0.05, 0.1) is 5.75 Å². The number of hydrogen-bond donors (Lipinski definition) is 1. The van der Waals surface area contributed by atoms with E-state index in [1.807, 2.05) is 34.6 Å². The zero-order valence-corrected chi connectivity index (χ0v) is 13.4. The van der Waals surface area contributed by atoms with Crippen LogP contribution in [0.5, 0.6) is 0 Å². The third-order valence-electron chi connectivity index (χ3n) is 3.80. The molecule has 0 atom stereocenters. The molecule has 0 bridgehead atoms. The van der Waals surface area contributed by atoms with Gasteiger partial charge in [-0.25, -0.2) is 8.42 Å². The molecule has 110 valence electrons. The number of nitrogens with zero attached hydrogens (tertiary/aromatic N) is 1. The van der Waals surface area contributed by atoms with Gasteiger partial charge in [0, 0.05) is 18.6 Å². The van der Waals surface area contributed by atoms with E-state index in [-0.39, 0.29) is 5.75 Å². The maximum atomic E-state index is 12.5. The van der Waals surface area contributed by atoms with E-state index < -0.39 is 15.6 Å². The van der Waals surface area contributed by atoms with E-state index in [4.69, 9.17) is 5.73 Å². The second-order valence-corrected chi connectivity index (χ2v) is 7.31. The van der Waals surface area contributed by atoms with Gasteiger partial charge in [0.2, 0.25) is 10.0 Å². The summed E-state index contributed by atoms with van der Waals surface area (Å²) >= 11 is 0. The lowest BCUT2D eigenvalue weighted by atomic mass is 9.93. The lowest BCUT2D eigenvalue weighted by Gasteiger charge is -2.41. The smallest absolute Gasteiger partial charge is 0.214 e. The van der Waals surface area contributed by atoms with E-state index in [2.05, 4.69) is 0 Å². The molecule has 0 fully saturated rings. The van der Waals surface area contributed by atoms with Crippen LogP contribution < -0.4 is 5.73 Å². The average molecular weight is 278 g/mol. The van der Waals surface area contributed by atoms with Gasteiger partial charge in [-0.2, -0.15) is 4.31 Å². The normalized spacial score (nSPS) is 13.6. The quantitative estimate of drug-likeness (QED) is 0.703. The van der Waals surface area contributed by atoms with Crippen molar-refractivity contribution in [2.45, 2.75) is 59.4 Å². The lowest BCUT2D eigenvalue weighted by Crippen LogP contribution is -2.56. The molecule has 0 aromatic rings. The second-order valence-electron chi connectivity index (χ2n) is 5.30. The fourth-order valence-corrected chi connectivity index (χ4v) is 4.62. The summed E-state index contributed by atoms with van der Waals surface area (Å²) in [6, 6.07) is 0. The van der Waals surface area contributed by atoms with Crippen molar-refractivity contribution in [3.63, 3.8) is 0 Å². The molecule has 0 saturated heterocycles. The molecule has 0 unspecified atom stereocenters. The first-order valence-corrected chi connectivity index (χ1v) is 8.61. The van der Waals surface area contributed by atoms with E-state index in [0.29, 0.717) is 25.4 Å². The molecule has 0 radical (unpaired) electrons. The van der Waals surface area contributed by atoms with Gasteiger partial charge in [0.1, 0.15) is 0 Å². The Balaban J connectivity index is 5.16. The maximum Gasteiger partial charge on any atom is 0.214 e. The van der Waals surface area contributed by atoms with Crippen molar-refractivity contribution in [1.82, 2.24) is 4.31 Å².